The van der Waals surface area contributed by atoms with Gasteiger partial charge in [-0.05, 0) is 50.7 Å². The number of carbonyl (C=O) groups excluding carboxylic acids is 1. The molecule has 0 radical (unpaired) electrons. The molecule has 8 heterocycles. The van der Waals surface area contributed by atoms with Gasteiger partial charge < -0.3 is 24.2 Å². The maximum atomic E-state index is 14.6. The molecule has 2 aromatic rings. The summed E-state index contributed by atoms with van der Waals surface area (Å²) in [7, 11) is 0. The van der Waals surface area contributed by atoms with Crippen molar-refractivity contribution in [3.05, 3.63) is 47.4 Å². The lowest BCUT2D eigenvalue weighted by Crippen LogP contribution is -2.69. The van der Waals surface area contributed by atoms with Crippen molar-refractivity contribution in [2.45, 2.75) is 75.3 Å². The fourth-order valence-electron chi connectivity index (χ4n) is 8.75. The maximum absolute atomic E-state index is 14.6. The van der Waals surface area contributed by atoms with Crippen LogP contribution in [0.25, 0.3) is 0 Å². The summed E-state index contributed by atoms with van der Waals surface area (Å²) in [5, 5.41) is 4.71. The molecule has 4 fully saturated rings. The first-order chi connectivity index (χ1) is 21.4. The van der Waals surface area contributed by atoms with Crippen LogP contribution in [-0.4, -0.2) is 108 Å². The van der Waals surface area contributed by atoms with Crippen LogP contribution in [0.1, 0.15) is 60.7 Å². The number of rotatable bonds is 4. The van der Waals surface area contributed by atoms with Crippen molar-refractivity contribution in [3.8, 4) is 0 Å². The Kier molecular flexibility index (Phi) is 6.95. The molecule has 0 aromatic carbocycles. The number of hydrogen-bond donors (Lipinski definition) is 0. The van der Waals surface area contributed by atoms with Crippen molar-refractivity contribution in [2.24, 2.45) is 0 Å². The zero-order valence-corrected chi connectivity index (χ0v) is 25.3. The number of carbonyl (C=O) groups is 1. The highest BCUT2D eigenvalue weighted by molar-refractivity contribution is 5.87. The maximum Gasteiger partial charge on any atom is 0.280 e. The number of aromatic nitrogens is 3. The van der Waals surface area contributed by atoms with Gasteiger partial charge in [-0.1, -0.05) is 6.58 Å². The molecule has 2 aromatic heterocycles. The van der Waals surface area contributed by atoms with Crippen LogP contribution in [0.4, 0.5) is 20.3 Å². The van der Waals surface area contributed by atoms with Gasteiger partial charge in [-0.3, -0.25) is 14.4 Å². The van der Waals surface area contributed by atoms with E-state index in [0.29, 0.717) is 63.2 Å². The number of piperidine rings is 1. The summed E-state index contributed by atoms with van der Waals surface area (Å²) in [6.07, 6.45) is 4.58. The van der Waals surface area contributed by atoms with E-state index < -0.39 is 12.0 Å². The van der Waals surface area contributed by atoms with E-state index in [0.717, 1.165) is 62.3 Å². The molecule has 10 nitrogen and oxygen atoms in total. The summed E-state index contributed by atoms with van der Waals surface area (Å²) < 4.78 is 43.8. The number of pyridine rings is 1. The molecular weight excluding hydrogens is 568 g/mol. The molecule has 4 atom stereocenters. The predicted molar refractivity (Wildman–Crippen MR) is 160 cm³/mol. The minimum Gasteiger partial charge on any atom is -0.376 e. The summed E-state index contributed by atoms with van der Waals surface area (Å²) in [4.78, 5) is 25.6. The number of fused-ring (bicyclic) bond motifs is 7. The first-order valence-corrected chi connectivity index (χ1v) is 16.2. The van der Waals surface area contributed by atoms with Crippen molar-refractivity contribution in [1.29, 1.82) is 0 Å². The van der Waals surface area contributed by atoms with Gasteiger partial charge in [0, 0.05) is 75.2 Å². The topological polar surface area (TPSA) is 79.2 Å². The van der Waals surface area contributed by atoms with Gasteiger partial charge in [0.25, 0.3) is 6.43 Å². The Morgan fingerprint density at radius 1 is 1.11 bits per heavy atom. The van der Waals surface area contributed by atoms with Crippen LogP contribution in [0.5, 0.6) is 0 Å². The van der Waals surface area contributed by atoms with E-state index >= 15 is 0 Å². The number of amides is 1. The second kappa shape index (κ2) is 10.8. The molecule has 1 amide bonds. The Balaban J connectivity index is 1.03. The average molecular weight is 610 g/mol. The highest BCUT2D eigenvalue weighted by Gasteiger charge is 2.51. The minimum atomic E-state index is -2.62. The van der Waals surface area contributed by atoms with Crippen LogP contribution >= 0.6 is 0 Å². The number of alkyl halides is 2. The molecule has 0 saturated carbocycles. The molecule has 6 aliphatic rings. The zero-order chi connectivity index (χ0) is 30.2. The Morgan fingerprint density at radius 3 is 2.66 bits per heavy atom. The highest BCUT2D eigenvalue weighted by atomic mass is 19.3. The van der Waals surface area contributed by atoms with E-state index in [9.17, 15) is 13.6 Å². The average Bonchev–Trinajstić information content (AvgIpc) is 3.62. The van der Waals surface area contributed by atoms with Crippen LogP contribution in [0.3, 0.4) is 0 Å². The van der Waals surface area contributed by atoms with Crippen LogP contribution < -0.4 is 9.80 Å². The van der Waals surface area contributed by atoms with Gasteiger partial charge >= 0.3 is 0 Å². The third kappa shape index (κ3) is 4.39. The Morgan fingerprint density at radius 2 is 1.91 bits per heavy atom. The number of hydrogen-bond acceptors (Lipinski definition) is 8. The molecule has 44 heavy (non-hydrogen) atoms. The summed E-state index contributed by atoms with van der Waals surface area (Å²) >= 11 is 0. The molecule has 12 heteroatoms. The molecular formula is C32H41F2N7O3. The lowest BCUT2D eigenvalue weighted by Gasteiger charge is -2.55. The number of aryl methyl sites for hydroxylation is 1. The standard InChI is InChI=1S/C32H41F2N7O3/c1-3-28(42)39-13-11-37(12-14-39)24-17-40-22(24)6-4-5-21-23(40)15-27(36-29(21)31(33)34)38-9-7-32(8-10-38)30-20(2)16-35-41(30)25-18-43-19-26(25)44-32/h3,15-16,22,24-26,31H,1,4-14,17-19H2,2H3/t22?,24?,25-,26-/m1/s1. The number of nitrogens with zero attached hydrogens (tertiary/aromatic N) is 7. The first kappa shape index (κ1) is 28.4. The molecule has 2 unspecified atom stereocenters. The number of ether oxygens (including phenoxy) is 2. The lowest BCUT2D eigenvalue weighted by molar-refractivity contribution is -0.147. The number of anilines is 2. The fraction of sp³-hybridized carbons (Fsp3) is 0.656. The molecule has 236 valence electrons. The zero-order valence-electron chi connectivity index (χ0n) is 25.3. The smallest absolute Gasteiger partial charge is 0.280 e. The van der Waals surface area contributed by atoms with Crippen molar-refractivity contribution in [3.63, 3.8) is 0 Å². The summed E-state index contributed by atoms with van der Waals surface area (Å²) in [5.41, 5.74) is 3.38. The van der Waals surface area contributed by atoms with Crippen molar-refractivity contribution >= 4 is 17.4 Å². The largest absolute Gasteiger partial charge is 0.376 e. The van der Waals surface area contributed by atoms with E-state index in [-0.39, 0.29) is 29.8 Å². The van der Waals surface area contributed by atoms with E-state index in [2.05, 4.69) is 43.9 Å². The third-order valence-electron chi connectivity index (χ3n) is 11.1. The lowest BCUT2D eigenvalue weighted by atomic mass is 9.83. The van der Waals surface area contributed by atoms with Crippen molar-refractivity contribution in [1.82, 2.24) is 24.6 Å². The van der Waals surface area contributed by atoms with Gasteiger partial charge in [0.1, 0.15) is 29.3 Å². The predicted octanol–water partition coefficient (Wildman–Crippen LogP) is 3.21. The van der Waals surface area contributed by atoms with Gasteiger partial charge in [-0.15, -0.1) is 0 Å². The van der Waals surface area contributed by atoms with Crippen LogP contribution in [0, 0.1) is 6.92 Å². The second-order valence-corrected chi connectivity index (χ2v) is 13.3. The van der Waals surface area contributed by atoms with Gasteiger partial charge in [-0.25, -0.2) is 13.8 Å². The Labute approximate surface area is 256 Å². The summed E-state index contributed by atoms with van der Waals surface area (Å²) in [5.74, 6) is 0.622. The Hall–Kier alpha value is -3.09. The quantitative estimate of drug-likeness (QED) is 0.490. The summed E-state index contributed by atoms with van der Waals surface area (Å²) in [6, 6.07) is 2.83. The normalized spacial score (nSPS) is 29.5. The Bertz CT molecular complexity index is 1450. The molecule has 4 saturated heterocycles. The number of piperazine rings is 1. The van der Waals surface area contributed by atoms with Crippen molar-refractivity contribution in [2.75, 3.05) is 68.8 Å². The third-order valence-corrected chi connectivity index (χ3v) is 11.1. The van der Waals surface area contributed by atoms with Gasteiger partial charge in [-0.2, -0.15) is 5.10 Å². The van der Waals surface area contributed by atoms with Crippen molar-refractivity contribution < 1.29 is 23.0 Å². The monoisotopic (exact) mass is 609 g/mol. The van der Waals surface area contributed by atoms with E-state index in [4.69, 9.17) is 14.6 Å². The minimum absolute atomic E-state index is 0.0148. The van der Waals surface area contributed by atoms with Crippen LogP contribution in [0.2, 0.25) is 0 Å². The highest BCUT2D eigenvalue weighted by Crippen LogP contribution is 2.48. The van der Waals surface area contributed by atoms with Gasteiger partial charge in [0.05, 0.1) is 25.1 Å². The number of halogens is 2. The molecule has 0 N–H and O–H groups in total. The fourth-order valence-corrected chi connectivity index (χ4v) is 8.75. The molecule has 0 aliphatic carbocycles. The van der Waals surface area contributed by atoms with E-state index in [1.165, 1.54) is 6.08 Å². The van der Waals surface area contributed by atoms with Gasteiger partial charge in [0.2, 0.25) is 5.91 Å². The van der Waals surface area contributed by atoms with E-state index in [1.807, 2.05) is 11.1 Å². The SMILES string of the molecule is C=CC(=O)N1CCN(C2CN3c4cc(N5CCC6(CC5)O[C@@H]5COC[C@H]5n5ncc(C)c56)nc(C(F)F)c4CCCC23)CC1. The molecule has 0 bridgehead atoms. The first-order valence-electron chi connectivity index (χ1n) is 16.2. The molecule has 8 rings (SSSR count). The van der Waals surface area contributed by atoms with Crippen LogP contribution in [0.15, 0.2) is 24.9 Å². The second-order valence-electron chi connectivity index (χ2n) is 13.3. The van der Waals surface area contributed by atoms with Gasteiger partial charge in [0.15, 0.2) is 0 Å². The molecule has 1 spiro atoms. The van der Waals surface area contributed by atoms with Crippen LogP contribution in [-0.2, 0) is 26.3 Å². The molecule has 6 aliphatic heterocycles. The van der Waals surface area contributed by atoms with E-state index in [1.54, 1.807) is 0 Å². The summed E-state index contributed by atoms with van der Waals surface area (Å²) in [6.45, 7) is 12.1.